The maximum atomic E-state index is 13.4. The van der Waals surface area contributed by atoms with E-state index >= 15 is 0 Å². The molecule has 0 saturated carbocycles. The van der Waals surface area contributed by atoms with Gasteiger partial charge < -0.3 is 4.90 Å². The van der Waals surface area contributed by atoms with Crippen LogP contribution in [0.15, 0.2) is 108 Å². The molecule has 0 unspecified atom stereocenters. The van der Waals surface area contributed by atoms with Crippen LogP contribution >= 0.6 is 11.8 Å². The van der Waals surface area contributed by atoms with Crippen LogP contribution in [0, 0.1) is 0 Å². The first kappa shape index (κ1) is 20.0. The number of likely N-dealkylation sites (N-methyl/N-ethyl adjacent to an activating group) is 1. The van der Waals surface area contributed by atoms with Gasteiger partial charge in [-0.2, -0.15) is 5.10 Å². The second kappa shape index (κ2) is 9.46. The number of nitrogens with zero attached hydrogens (tertiary/aromatic N) is 3. The van der Waals surface area contributed by atoms with Crippen molar-refractivity contribution < 1.29 is 4.79 Å². The van der Waals surface area contributed by atoms with E-state index in [4.69, 9.17) is 0 Å². The smallest absolute Gasteiger partial charge is 0.240 e. The third-order valence-corrected chi connectivity index (χ3v) is 6.03. The topological polar surface area (TPSA) is 38.1 Å². The van der Waals surface area contributed by atoms with Gasteiger partial charge in [0.15, 0.2) is 0 Å². The fourth-order valence-corrected chi connectivity index (χ4v) is 4.40. The van der Waals surface area contributed by atoms with Gasteiger partial charge in [0.05, 0.1) is 11.9 Å². The SMILES string of the molecule is CN(Cc1cnn(-c2ccccc2)c1)C(=O)[C@@H](Sc1ccccc1)c1ccccc1. The number of hydrogen-bond acceptors (Lipinski definition) is 3. The normalized spacial score (nSPS) is 11.8. The summed E-state index contributed by atoms with van der Waals surface area (Å²) in [7, 11) is 1.85. The Bertz CT molecular complexity index is 1080. The molecule has 5 heteroatoms. The molecule has 0 spiro atoms. The van der Waals surface area contributed by atoms with Crippen molar-refractivity contribution in [1.82, 2.24) is 14.7 Å². The average Bonchev–Trinajstić information content (AvgIpc) is 3.27. The first-order valence-electron chi connectivity index (χ1n) is 9.81. The van der Waals surface area contributed by atoms with Crippen LogP contribution in [-0.4, -0.2) is 27.6 Å². The van der Waals surface area contributed by atoms with Crippen molar-refractivity contribution in [1.29, 1.82) is 0 Å². The number of carbonyl (C=O) groups excluding carboxylic acids is 1. The lowest BCUT2D eigenvalue weighted by Crippen LogP contribution is -2.30. The summed E-state index contributed by atoms with van der Waals surface area (Å²) in [6.45, 7) is 0.504. The van der Waals surface area contributed by atoms with Crippen LogP contribution in [0.4, 0.5) is 0 Å². The molecule has 1 heterocycles. The monoisotopic (exact) mass is 413 g/mol. The molecule has 0 aliphatic heterocycles. The van der Waals surface area contributed by atoms with Gasteiger partial charge in [0.25, 0.3) is 0 Å². The van der Waals surface area contributed by atoms with Crippen molar-refractivity contribution in [2.75, 3.05) is 7.05 Å². The molecular formula is C25H23N3OS. The first-order chi connectivity index (χ1) is 14.7. The predicted molar refractivity (Wildman–Crippen MR) is 122 cm³/mol. The Labute approximate surface area is 181 Å². The zero-order valence-electron chi connectivity index (χ0n) is 16.8. The van der Waals surface area contributed by atoms with Gasteiger partial charge in [0.2, 0.25) is 5.91 Å². The highest BCUT2D eigenvalue weighted by atomic mass is 32.2. The molecular weight excluding hydrogens is 390 g/mol. The molecule has 3 aromatic carbocycles. The lowest BCUT2D eigenvalue weighted by Gasteiger charge is -2.23. The summed E-state index contributed by atoms with van der Waals surface area (Å²) >= 11 is 1.58. The van der Waals surface area contributed by atoms with Crippen LogP contribution in [-0.2, 0) is 11.3 Å². The van der Waals surface area contributed by atoms with Gasteiger partial charge in [-0.1, -0.05) is 66.7 Å². The van der Waals surface area contributed by atoms with Crippen LogP contribution in [0.2, 0.25) is 0 Å². The molecule has 1 aromatic heterocycles. The maximum absolute atomic E-state index is 13.4. The Morgan fingerprint density at radius 2 is 1.53 bits per heavy atom. The van der Waals surface area contributed by atoms with Gasteiger partial charge >= 0.3 is 0 Å². The summed E-state index contributed by atoms with van der Waals surface area (Å²) in [5, 5.41) is 4.14. The molecule has 4 nitrogen and oxygen atoms in total. The minimum Gasteiger partial charge on any atom is -0.340 e. The van der Waals surface area contributed by atoms with Crippen LogP contribution in [0.1, 0.15) is 16.4 Å². The fourth-order valence-electron chi connectivity index (χ4n) is 3.24. The van der Waals surface area contributed by atoms with Gasteiger partial charge in [-0.05, 0) is 29.8 Å². The molecule has 0 saturated heterocycles. The Kier molecular flexibility index (Phi) is 6.30. The molecule has 0 aliphatic rings. The summed E-state index contributed by atoms with van der Waals surface area (Å²) in [5.41, 5.74) is 2.99. The lowest BCUT2D eigenvalue weighted by atomic mass is 10.1. The zero-order chi connectivity index (χ0) is 20.8. The Morgan fingerprint density at radius 3 is 2.20 bits per heavy atom. The number of hydrogen-bond donors (Lipinski definition) is 0. The highest BCUT2D eigenvalue weighted by molar-refractivity contribution is 8.00. The number of thioether (sulfide) groups is 1. The third kappa shape index (κ3) is 4.81. The minimum atomic E-state index is -0.303. The molecule has 150 valence electrons. The van der Waals surface area contributed by atoms with E-state index in [1.54, 1.807) is 16.7 Å². The molecule has 0 N–H and O–H groups in total. The molecule has 0 fully saturated rings. The first-order valence-corrected chi connectivity index (χ1v) is 10.7. The second-order valence-corrected chi connectivity index (χ2v) is 8.22. The van der Waals surface area contributed by atoms with Crippen LogP contribution in [0.3, 0.4) is 0 Å². The molecule has 0 aliphatic carbocycles. The van der Waals surface area contributed by atoms with Crippen molar-refractivity contribution in [2.24, 2.45) is 0 Å². The fraction of sp³-hybridized carbons (Fsp3) is 0.120. The van der Waals surface area contributed by atoms with E-state index in [1.807, 2.05) is 115 Å². The molecule has 0 bridgehead atoms. The van der Waals surface area contributed by atoms with Crippen LogP contribution in [0.5, 0.6) is 0 Å². The Balaban J connectivity index is 1.52. The van der Waals surface area contributed by atoms with Crippen molar-refractivity contribution >= 4 is 17.7 Å². The number of amides is 1. The number of rotatable bonds is 7. The standard InChI is InChI=1S/C25H23N3OS/c1-27(18-20-17-26-28(19-20)22-13-7-3-8-14-22)25(29)24(21-11-5-2-6-12-21)30-23-15-9-4-10-16-23/h2-17,19,24H,18H2,1H3/t24-/m0/s1. The quantitative estimate of drug-likeness (QED) is 0.383. The maximum Gasteiger partial charge on any atom is 0.240 e. The number of carbonyl (C=O) groups is 1. The largest absolute Gasteiger partial charge is 0.340 e. The molecule has 0 radical (unpaired) electrons. The highest BCUT2D eigenvalue weighted by Gasteiger charge is 2.25. The number of benzene rings is 3. The van der Waals surface area contributed by atoms with E-state index < -0.39 is 0 Å². The van der Waals surface area contributed by atoms with E-state index in [0.717, 1.165) is 21.7 Å². The van der Waals surface area contributed by atoms with E-state index in [0.29, 0.717) is 6.54 Å². The molecule has 1 amide bonds. The average molecular weight is 414 g/mol. The molecule has 1 atom stereocenters. The lowest BCUT2D eigenvalue weighted by molar-refractivity contribution is -0.129. The molecule has 4 aromatic rings. The van der Waals surface area contributed by atoms with E-state index in [-0.39, 0.29) is 11.2 Å². The summed E-state index contributed by atoms with van der Waals surface area (Å²) in [5.74, 6) is 0.0718. The molecule has 4 rings (SSSR count). The minimum absolute atomic E-state index is 0.0718. The third-order valence-electron chi connectivity index (χ3n) is 4.78. The molecule has 30 heavy (non-hydrogen) atoms. The Hall–Kier alpha value is -3.31. The van der Waals surface area contributed by atoms with E-state index in [1.165, 1.54) is 0 Å². The summed E-state index contributed by atoms with van der Waals surface area (Å²) in [6.07, 6.45) is 3.79. The van der Waals surface area contributed by atoms with Gasteiger partial charge in [0, 0.05) is 30.2 Å². The summed E-state index contributed by atoms with van der Waals surface area (Å²) in [4.78, 5) is 16.3. The van der Waals surface area contributed by atoms with Crippen molar-refractivity contribution in [3.63, 3.8) is 0 Å². The second-order valence-electron chi connectivity index (χ2n) is 7.04. The highest BCUT2D eigenvalue weighted by Crippen LogP contribution is 2.36. The van der Waals surface area contributed by atoms with Gasteiger partial charge in [0.1, 0.15) is 5.25 Å². The summed E-state index contributed by atoms with van der Waals surface area (Å²) in [6, 6.07) is 30.0. The van der Waals surface area contributed by atoms with Gasteiger partial charge in [-0.15, -0.1) is 11.8 Å². The predicted octanol–water partition coefficient (Wildman–Crippen LogP) is 5.36. The van der Waals surface area contributed by atoms with E-state index in [9.17, 15) is 4.79 Å². The van der Waals surface area contributed by atoms with Gasteiger partial charge in [-0.3, -0.25) is 4.79 Å². The van der Waals surface area contributed by atoms with Gasteiger partial charge in [-0.25, -0.2) is 4.68 Å². The van der Waals surface area contributed by atoms with Crippen molar-refractivity contribution in [3.05, 3.63) is 115 Å². The Morgan fingerprint density at radius 1 is 0.933 bits per heavy atom. The van der Waals surface area contributed by atoms with Crippen molar-refractivity contribution in [2.45, 2.75) is 16.7 Å². The van der Waals surface area contributed by atoms with Crippen molar-refractivity contribution in [3.8, 4) is 5.69 Å². The number of para-hydroxylation sites is 1. The van der Waals surface area contributed by atoms with Crippen LogP contribution in [0.25, 0.3) is 5.69 Å². The zero-order valence-corrected chi connectivity index (χ0v) is 17.6. The summed E-state index contributed by atoms with van der Waals surface area (Å²) < 4.78 is 1.83. The van der Waals surface area contributed by atoms with E-state index in [2.05, 4.69) is 5.10 Å². The van der Waals surface area contributed by atoms with Crippen LogP contribution < -0.4 is 0 Å². The number of aromatic nitrogens is 2.